The molecule has 0 aliphatic heterocycles. The number of carbonyl (C=O) groups is 1. The van der Waals surface area contributed by atoms with Crippen LogP contribution < -0.4 is 0 Å². The van der Waals surface area contributed by atoms with Crippen LogP contribution in [-0.2, 0) is 0 Å². The van der Waals surface area contributed by atoms with Crippen LogP contribution in [0.3, 0.4) is 0 Å². The molecule has 0 aliphatic carbocycles. The fourth-order valence-electron chi connectivity index (χ4n) is 0.634. The summed E-state index contributed by atoms with van der Waals surface area (Å²) < 4.78 is 0.529. The maximum absolute atomic E-state index is 10.9. The Hall–Kier alpha value is -1.39. The monoisotopic (exact) mass is 226 g/mol. The highest BCUT2D eigenvalue weighted by molar-refractivity contribution is 9.10. The molecule has 0 aromatic carbocycles. The second kappa shape index (κ2) is 3.85. The van der Waals surface area contributed by atoms with E-state index >= 15 is 0 Å². The van der Waals surface area contributed by atoms with Gasteiger partial charge in [0, 0.05) is 16.7 Å². The zero-order valence-electron chi connectivity index (χ0n) is 5.81. The molecule has 0 unspecified atom stereocenters. The van der Waals surface area contributed by atoms with Gasteiger partial charge >= 0.3 is 0 Å². The summed E-state index contributed by atoms with van der Waals surface area (Å²) in [4.78, 5) is 17.1. The summed E-state index contributed by atoms with van der Waals surface area (Å²) in [5.41, 5.74) is 8.29. The Labute approximate surface area is 76.2 Å². The van der Waals surface area contributed by atoms with E-state index in [9.17, 15) is 4.79 Å². The lowest BCUT2D eigenvalue weighted by Crippen LogP contribution is -1.93. The van der Waals surface area contributed by atoms with Crippen LogP contribution in [-0.4, -0.2) is 10.9 Å². The van der Waals surface area contributed by atoms with Crippen molar-refractivity contribution in [3.63, 3.8) is 0 Å². The van der Waals surface area contributed by atoms with E-state index in [0.29, 0.717) is 10.2 Å². The Kier molecular flexibility index (Phi) is 2.79. The quantitative estimate of drug-likeness (QED) is 0.319. The standard InChI is InChI=1S/C6H3BrN4O/c7-5-3-4(1-2-9-5)6(12)10-11-8/h1-3H. The predicted octanol–water partition coefficient (Wildman–Crippen LogP) is 2.29. The molecule has 5 nitrogen and oxygen atoms in total. The van der Waals surface area contributed by atoms with Crippen molar-refractivity contribution in [2.75, 3.05) is 0 Å². The minimum atomic E-state index is -0.611. The average Bonchev–Trinajstić information content (AvgIpc) is 2.05. The minimum absolute atomic E-state index is 0.315. The van der Waals surface area contributed by atoms with E-state index in [2.05, 4.69) is 30.9 Å². The zero-order valence-corrected chi connectivity index (χ0v) is 7.39. The van der Waals surface area contributed by atoms with Crippen molar-refractivity contribution in [3.05, 3.63) is 38.9 Å². The maximum atomic E-state index is 10.9. The second-order valence-electron chi connectivity index (χ2n) is 1.86. The number of pyridine rings is 1. The molecule has 0 saturated heterocycles. The number of rotatable bonds is 1. The van der Waals surface area contributed by atoms with Crippen molar-refractivity contribution in [2.45, 2.75) is 0 Å². The van der Waals surface area contributed by atoms with Crippen molar-refractivity contribution in [3.8, 4) is 0 Å². The Balaban J connectivity index is 3.03. The van der Waals surface area contributed by atoms with Crippen molar-refractivity contribution in [1.29, 1.82) is 0 Å². The van der Waals surface area contributed by atoms with E-state index in [1.54, 1.807) is 0 Å². The highest BCUT2D eigenvalue weighted by atomic mass is 79.9. The lowest BCUT2D eigenvalue weighted by molar-refractivity contribution is 0.1000. The molecule has 0 spiro atoms. The van der Waals surface area contributed by atoms with Crippen LogP contribution in [0.4, 0.5) is 0 Å². The molecule has 1 aromatic heterocycles. The molecule has 1 rings (SSSR count). The topological polar surface area (TPSA) is 78.7 Å². The third-order valence-electron chi connectivity index (χ3n) is 1.11. The summed E-state index contributed by atoms with van der Waals surface area (Å²) in [6, 6.07) is 2.96. The Morgan fingerprint density at radius 1 is 1.75 bits per heavy atom. The first-order valence-corrected chi connectivity index (χ1v) is 3.74. The number of halogens is 1. The first-order valence-electron chi connectivity index (χ1n) is 2.95. The Morgan fingerprint density at radius 3 is 3.08 bits per heavy atom. The number of aromatic nitrogens is 1. The van der Waals surface area contributed by atoms with Gasteiger partial charge in [0.25, 0.3) is 0 Å². The molecule has 0 radical (unpaired) electrons. The fourth-order valence-corrected chi connectivity index (χ4v) is 0.999. The van der Waals surface area contributed by atoms with Crippen molar-refractivity contribution in [1.82, 2.24) is 4.98 Å². The smallest absolute Gasteiger partial charge is 0.249 e. The van der Waals surface area contributed by atoms with Crippen LogP contribution in [0.5, 0.6) is 0 Å². The minimum Gasteiger partial charge on any atom is -0.287 e. The van der Waals surface area contributed by atoms with Crippen LogP contribution in [0.15, 0.2) is 28.0 Å². The molecular weight excluding hydrogens is 224 g/mol. The molecule has 6 heteroatoms. The second-order valence-corrected chi connectivity index (χ2v) is 2.67. The molecule has 1 amide bonds. The molecule has 1 aromatic rings. The lowest BCUT2D eigenvalue weighted by Gasteiger charge is -1.92. The van der Waals surface area contributed by atoms with Gasteiger partial charge in [-0.2, -0.15) is 0 Å². The van der Waals surface area contributed by atoms with Crippen molar-refractivity contribution < 1.29 is 4.79 Å². The van der Waals surface area contributed by atoms with Gasteiger partial charge in [0.2, 0.25) is 5.91 Å². The molecule has 0 N–H and O–H groups in total. The van der Waals surface area contributed by atoms with Crippen LogP contribution in [0.2, 0.25) is 0 Å². The summed E-state index contributed by atoms with van der Waals surface area (Å²) in [5, 5.41) is 2.93. The van der Waals surface area contributed by atoms with E-state index in [4.69, 9.17) is 5.53 Å². The summed E-state index contributed by atoms with van der Waals surface area (Å²) >= 11 is 3.08. The Bertz CT molecular complexity index is 358. The Morgan fingerprint density at radius 2 is 2.50 bits per heavy atom. The van der Waals surface area contributed by atoms with Gasteiger partial charge in [-0.1, -0.05) is 0 Å². The molecule has 0 atom stereocenters. The number of hydrogen-bond donors (Lipinski definition) is 0. The molecule has 0 saturated carbocycles. The van der Waals surface area contributed by atoms with Crippen LogP contribution in [0.1, 0.15) is 10.4 Å². The molecule has 0 fully saturated rings. The summed E-state index contributed by atoms with van der Waals surface area (Å²) in [7, 11) is 0. The normalized spacial score (nSPS) is 8.75. The first kappa shape index (κ1) is 8.70. The molecule has 0 aliphatic rings. The van der Waals surface area contributed by atoms with E-state index in [-0.39, 0.29) is 0 Å². The van der Waals surface area contributed by atoms with E-state index in [1.165, 1.54) is 18.3 Å². The van der Waals surface area contributed by atoms with Crippen LogP contribution in [0, 0.1) is 0 Å². The highest BCUT2D eigenvalue weighted by Crippen LogP contribution is 2.08. The molecule has 0 bridgehead atoms. The van der Waals surface area contributed by atoms with Gasteiger partial charge in [0.1, 0.15) is 4.60 Å². The highest BCUT2D eigenvalue weighted by Gasteiger charge is 2.02. The van der Waals surface area contributed by atoms with Crippen LogP contribution >= 0.6 is 15.9 Å². The van der Waals surface area contributed by atoms with E-state index < -0.39 is 5.91 Å². The van der Waals surface area contributed by atoms with Crippen molar-refractivity contribution in [2.24, 2.45) is 5.11 Å². The van der Waals surface area contributed by atoms with Gasteiger partial charge in [-0.25, -0.2) is 4.98 Å². The lowest BCUT2D eigenvalue weighted by atomic mass is 10.3. The summed E-state index contributed by atoms with van der Waals surface area (Å²) in [6.07, 6.45) is 1.45. The van der Waals surface area contributed by atoms with Gasteiger partial charge in [-0.05, 0) is 38.7 Å². The number of nitrogens with zero attached hydrogens (tertiary/aromatic N) is 4. The first-order chi connectivity index (χ1) is 5.74. The number of carbonyl (C=O) groups excluding carboxylic acids is 1. The van der Waals surface area contributed by atoms with E-state index in [0.717, 1.165) is 0 Å². The zero-order chi connectivity index (χ0) is 8.97. The van der Waals surface area contributed by atoms with Crippen LogP contribution in [0.25, 0.3) is 10.4 Å². The molecule has 1 heterocycles. The number of azide groups is 1. The van der Waals surface area contributed by atoms with Gasteiger partial charge in [-0.15, -0.1) is 0 Å². The predicted molar refractivity (Wildman–Crippen MR) is 45.4 cm³/mol. The van der Waals surface area contributed by atoms with Gasteiger partial charge in [0.05, 0.1) is 0 Å². The van der Waals surface area contributed by atoms with Gasteiger partial charge in [-0.3, -0.25) is 4.79 Å². The van der Waals surface area contributed by atoms with Gasteiger partial charge < -0.3 is 0 Å². The fraction of sp³-hybridized carbons (Fsp3) is 0. The largest absolute Gasteiger partial charge is 0.287 e. The maximum Gasteiger partial charge on any atom is 0.249 e. The van der Waals surface area contributed by atoms with Crippen molar-refractivity contribution >= 4 is 21.8 Å². The van der Waals surface area contributed by atoms with E-state index in [1.807, 2.05) is 0 Å². The summed E-state index contributed by atoms with van der Waals surface area (Å²) in [6.45, 7) is 0. The number of amides is 1. The average molecular weight is 227 g/mol. The number of hydrogen-bond acceptors (Lipinski definition) is 2. The molecule has 12 heavy (non-hydrogen) atoms. The SMILES string of the molecule is [N-]=[N+]=NC(=O)c1ccnc(Br)c1. The third kappa shape index (κ3) is 2.05. The molecule has 60 valence electrons. The third-order valence-corrected chi connectivity index (χ3v) is 1.54. The van der Waals surface area contributed by atoms with Gasteiger partial charge in [0.15, 0.2) is 0 Å². The summed E-state index contributed by atoms with van der Waals surface area (Å²) in [5.74, 6) is -0.611. The molecular formula is C6H3BrN4O.